The quantitative estimate of drug-likeness (QED) is 0.445. The minimum atomic E-state index is -0.586. The number of ether oxygens (including phenoxy) is 1. The summed E-state index contributed by atoms with van der Waals surface area (Å²) in [7, 11) is 1.73. The standard InChI is InChI=1S/C21H20ClN3O4S/c1-14-20(21(28)25(24(14)2)15-8-4-3-5-9-15)23-18(26)12-29-19(27)13-30-17-11-7-6-10-16(17)22/h3-11H,12-13H2,1-2H3,(H,23,26). The van der Waals surface area contributed by atoms with Crippen LogP contribution in [0.2, 0.25) is 5.02 Å². The molecule has 0 aliphatic heterocycles. The summed E-state index contributed by atoms with van der Waals surface area (Å²) in [6.07, 6.45) is 0. The first-order valence-electron chi connectivity index (χ1n) is 9.05. The number of carbonyl (C=O) groups is 2. The SMILES string of the molecule is Cc1c(NC(=O)COC(=O)CSc2ccccc2Cl)c(=O)n(-c2ccccc2)n1C. The van der Waals surface area contributed by atoms with Crippen LogP contribution >= 0.6 is 23.4 Å². The van der Waals surface area contributed by atoms with Crippen LogP contribution in [0.4, 0.5) is 5.69 Å². The number of hydrogen-bond donors (Lipinski definition) is 1. The molecule has 0 fully saturated rings. The van der Waals surface area contributed by atoms with E-state index >= 15 is 0 Å². The van der Waals surface area contributed by atoms with Crippen molar-refractivity contribution in [1.82, 2.24) is 9.36 Å². The molecule has 7 nitrogen and oxygen atoms in total. The van der Waals surface area contributed by atoms with Crippen molar-refractivity contribution < 1.29 is 14.3 Å². The number of esters is 1. The zero-order chi connectivity index (χ0) is 21.7. The van der Waals surface area contributed by atoms with E-state index in [0.29, 0.717) is 16.4 Å². The summed E-state index contributed by atoms with van der Waals surface area (Å²) in [6.45, 7) is 1.24. The number of aromatic nitrogens is 2. The lowest BCUT2D eigenvalue weighted by Crippen LogP contribution is -2.26. The first kappa shape index (κ1) is 21.7. The van der Waals surface area contributed by atoms with Gasteiger partial charge in [0, 0.05) is 11.9 Å². The van der Waals surface area contributed by atoms with Gasteiger partial charge in [-0.15, -0.1) is 11.8 Å². The topological polar surface area (TPSA) is 82.3 Å². The van der Waals surface area contributed by atoms with E-state index in [-0.39, 0.29) is 17.0 Å². The number of hydrogen-bond acceptors (Lipinski definition) is 5. The molecule has 156 valence electrons. The molecule has 30 heavy (non-hydrogen) atoms. The predicted molar refractivity (Wildman–Crippen MR) is 118 cm³/mol. The zero-order valence-electron chi connectivity index (χ0n) is 16.4. The van der Waals surface area contributed by atoms with Crippen LogP contribution in [0, 0.1) is 6.92 Å². The minimum absolute atomic E-state index is 0.0161. The van der Waals surface area contributed by atoms with Gasteiger partial charge in [-0.3, -0.25) is 19.1 Å². The third kappa shape index (κ3) is 4.95. The highest BCUT2D eigenvalue weighted by Crippen LogP contribution is 2.26. The summed E-state index contributed by atoms with van der Waals surface area (Å²) < 4.78 is 8.12. The third-order valence-electron chi connectivity index (χ3n) is 4.37. The van der Waals surface area contributed by atoms with Crippen LogP contribution in [0.5, 0.6) is 0 Å². The fourth-order valence-corrected chi connectivity index (χ4v) is 3.81. The van der Waals surface area contributed by atoms with Crippen molar-refractivity contribution >= 4 is 40.9 Å². The Morgan fingerprint density at radius 3 is 2.47 bits per heavy atom. The summed E-state index contributed by atoms with van der Waals surface area (Å²) >= 11 is 7.27. The third-order valence-corrected chi connectivity index (χ3v) is 5.85. The molecule has 0 aliphatic rings. The van der Waals surface area contributed by atoms with Crippen molar-refractivity contribution in [1.29, 1.82) is 0 Å². The molecule has 0 bridgehead atoms. The van der Waals surface area contributed by atoms with Crippen LogP contribution in [-0.2, 0) is 21.4 Å². The lowest BCUT2D eigenvalue weighted by Gasteiger charge is -2.07. The molecule has 0 radical (unpaired) electrons. The van der Waals surface area contributed by atoms with E-state index in [4.69, 9.17) is 16.3 Å². The van der Waals surface area contributed by atoms with E-state index in [0.717, 1.165) is 4.90 Å². The second kappa shape index (κ2) is 9.69. The van der Waals surface area contributed by atoms with Gasteiger partial charge in [0.2, 0.25) is 0 Å². The van der Waals surface area contributed by atoms with Gasteiger partial charge in [0.25, 0.3) is 11.5 Å². The normalized spacial score (nSPS) is 10.6. The molecule has 2 aromatic carbocycles. The van der Waals surface area contributed by atoms with Crippen molar-refractivity contribution in [3.8, 4) is 5.69 Å². The summed E-state index contributed by atoms with van der Waals surface area (Å²) in [4.78, 5) is 37.7. The van der Waals surface area contributed by atoms with Crippen molar-refractivity contribution in [2.75, 3.05) is 17.7 Å². The monoisotopic (exact) mass is 445 g/mol. The molecule has 9 heteroatoms. The number of para-hydroxylation sites is 1. The van der Waals surface area contributed by atoms with Gasteiger partial charge < -0.3 is 10.1 Å². The maximum Gasteiger partial charge on any atom is 0.316 e. The van der Waals surface area contributed by atoms with Crippen molar-refractivity contribution in [2.45, 2.75) is 11.8 Å². The van der Waals surface area contributed by atoms with Crippen molar-refractivity contribution in [3.63, 3.8) is 0 Å². The second-order valence-electron chi connectivity index (χ2n) is 6.36. The lowest BCUT2D eigenvalue weighted by molar-refractivity contribution is -0.144. The molecule has 1 N–H and O–H groups in total. The van der Waals surface area contributed by atoms with E-state index in [1.54, 1.807) is 49.0 Å². The Bertz CT molecular complexity index is 1130. The Balaban J connectivity index is 1.59. The molecule has 1 heterocycles. The Morgan fingerprint density at radius 1 is 1.10 bits per heavy atom. The molecule has 0 saturated heterocycles. The summed E-state index contributed by atoms with van der Waals surface area (Å²) in [5.74, 6) is -1.12. The van der Waals surface area contributed by atoms with Crippen LogP contribution < -0.4 is 10.9 Å². The highest BCUT2D eigenvalue weighted by molar-refractivity contribution is 8.00. The van der Waals surface area contributed by atoms with E-state index in [1.165, 1.54) is 16.4 Å². The smallest absolute Gasteiger partial charge is 0.316 e. The van der Waals surface area contributed by atoms with Crippen LogP contribution in [-0.4, -0.2) is 33.6 Å². The van der Waals surface area contributed by atoms with Crippen LogP contribution in [0.25, 0.3) is 5.69 Å². The highest BCUT2D eigenvalue weighted by atomic mass is 35.5. The maximum atomic E-state index is 12.8. The van der Waals surface area contributed by atoms with Crippen molar-refractivity contribution in [2.24, 2.45) is 7.05 Å². The maximum absolute atomic E-state index is 12.8. The molecule has 1 aromatic heterocycles. The lowest BCUT2D eigenvalue weighted by atomic mass is 10.3. The Morgan fingerprint density at radius 2 is 1.77 bits per heavy atom. The molecule has 0 spiro atoms. The highest BCUT2D eigenvalue weighted by Gasteiger charge is 2.18. The number of anilines is 1. The zero-order valence-corrected chi connectivity index (χ0v) is 18.0. The molecular weight excluding hydrogens is 426 g/mol. The fourth-order valence-electron chi connectivity index (χ4n) is 2.77. The molecule has 3 rings (SSSR count). The molecule has 1 amide bonds. The van der Waals surface area contributed by atoms with Gasteiger partial charge in [-0.25, -0.2) is 4.68 Å². The van der Waals surface area contributed by atoms with Gasteiger partial charge in [0.15, 0.2) is 6.61 Å². The average molecular weight is 446 g/mol. The number of benzene rings is 2. The Kier molecular flexibility index (Phi) is 7.02. The van der Waals surface area contributed by atoms with Gasteiger partial charge >= 0.3 is 5.97 Å². The van der Waals surface area contributed by atoms with Gasteiger partial charge in [-0.05, 0) is 31.2 Å². The molecule has 0 atom stereocenters. The summed E-state index contributed by atoms with van der Waals surface area (Å²) in [5, 5.41) is 3.09. The number of carbonyl (C=O) groups excluding carboxylic acids is 2. The first-order chi connectivity index (χ1) is 14.4. The van der Waals surface area contributed by atoms with E-state index in [1.807, 2.05) is 24.3 Å². The predicted octanol–water partition coefficient (Wildman–Crippen LogP) is 3.41. The Hall–Kier alpha value is -2.97. The van der Waals surface area contributed by atoms with Crippen LogP contribution in [0.1, 0.15) is 5.69 Å². The van der Waals surface area contributed by atoms with Crippen LogP contribution in [0.3, 0.4) is 0 Å². The fraction of sp³-hybridized carbons (Fsp3) is 0.190. The largest absolute Gasteiger partial charge is 0.455 e. The van der Waals surface area contributed by atoms with E-state index in [9.17, 15) is 14.4 Å². The second-order valence-corrected chi connectivity index (χ2v) is 7.79. The molecule has 0 aliphatic carbocycles. The van der Waals surface area contributed by atoms with E-state index < -0.39 is 18.5 Å². The number of halogens is 1. The van der Waals surface area contributed by atoms with Crippen molar-refractivity contribution in [3.05, 3.63) is 75.7 Å². The van der Waals surface area contributed by atoms with Crippen LogP contribution in [0.15, 0.2) is 64.3 Å². The number of nitrogens with one attached hydrogen (secondary N) is 1. The summed E-state index contributed by atoms with van der Waals surface area (Å²) in [6, 6.07) is 16.2. The van der Waals surface area contributed by atoms with Gasteiger partial charge in [0.1, 0.15) is 5.69 Å². The number of rotatable bonds is 7. The van der Waals surface area contributed by atoms with Gasteiger partial charge in [-0.2, -0.15) is 0 Å². The molecule has 0 unspecified atom stereocenters. The molecular formula is C21H20ClN3O4S. The first-order valence-corrected chi connectivity index (χ1v) is 10.4. The average Bonchev–Trinajstić information content (AvgIpc) is 2.95. The van der Waals surface area contributed by atoms with Gasteiger partial charge in [-0.1, -0.05) is 41.9 Å². The molecule has 0 saturated carbocycles. The number of amides is 1. The van der Waals surface area contributed by atoms with Gasteiger partial charge in [0.05, 0.1) is 22.2 Å². The number of thioether (sulfide) groups is 1. The Labute approximate surface area is 182 Å². The van der Waals surface area contributed by atoms with E-state index in [2.05, 4.69) is 5.32 Å². The summed E-state index contributed by atoms with van der Waals surface area (Å²) in [5.41, 5.74) is 1.04. The molecule has 3 aromatic rings. The minimum Gasteiger partial charge on any atom is -0.455 e. The number of nitrogens with zero attached hydrogens (tertiary/aromatic N) is 2.